The molecule has 3 saturated heterocycles. The number of nitrogens with zero attached hydrogens (tertiary/aromatic N) is 3. The fourth-order valence-electron chi connectivity index (χ4n) is 3.77. The minimum absolute atomic E-state index is 0. The number of carbonyl (C=O) groups excluding carboxylic acids is 2. The average Bonchev–Trinajstić information content (AvgIpc) is 2.54. The number of nitrogens with one attached hydrogen (secondary N) is 1. The molecule has 3 aliphatic rings. The molecule has 0 aromatic carbocycles. The van der Waals surface area contributed by atoms with E-state index in [1.54, 1.807) is 0 Å². The minimum Gasteiger partial charge on any atom is -0.342 e. The smallest absolute Gasteiger partial charge is 0.228 e. The van der Waals surface area contributed by atoms with Crippen LogP contribution in [0.4, 0.5) is 0 Å². The van der Waals surface area contributed by atoms with Crippen molar-refractivity contribution < 1.29 is 9.59 Å². The zero-order valence-corrected chi connectivity index (χ0v) is 15.5. The maximum Gasteiger partial charge on any atom is 0.228 e. The van der Waals surface area contributed by atoms with Gasteiger partial charge in [-0.2, -0.15) is 0 Å². The second-order valence-corrected chi connectivity index (χ2v) is 7.14. The van der Waals surface area contributed by atoms with Crippen LogP contribution in [0.15, 0.2) is 0 Å². The van der Waals surface area contributed by atoms with Gasteiger partial charge >= 0.3 is 0 Å². The van der Waals surface area contributed by atoms with Gasteiger partial charge in [0.25, 0.3) is 0 Å². The Labute approximate surface area is 151 Å². The van der Waals surface area contributed by atoms with E-state index in [9.17, 15) is 9.59 Å². The molecule has 0 spiro atoms. The number of amides is 2. The Bertz CT molecular complexity index is 428. The summed E-state index contributed by atoms with van der Waals surface area (Å²) in [5, 5.41) is 3.16. The minimum atomic E-state index is 0. The van der Waals surface area contributed by atoms with Crippen LogP contribution < -0.4 is 5.32 Å². The lowest BCUT2D eigenvalue weighted by molar-refractivity contribution is -0.139. The summed E-state index contributed by atoms with van der Waals surface area (Å²) in [5.41, 5.74) is 0. The molecule has 24 heavy (non-hydrogen) atoms. The fourth-order valence-corrected chi connectivity index (χ4v) is 3.77. The first-order valence-electron chi connectivity index (χ1n) is 9.17. The van der Waals surface area contributed by atoms with Crippen LogP contribution in [0.5, 0.6) is 0 Å². The average molecular weight is 359 g/mol. The Balaban J connectivity index is 0.00000208. The quantitative estimate of drug-likeness (QED) is 0.791. The molecule has 3 rings (SSSR count). The Morgan fingerprint density at radius 2 is 1.58 bits per heavy atom. The standard InChI is InChI=1S/C17H30N4O2.ClH/c1-2-19-7-9-20(10-8-19)16(22)11-14-3-5-21(6-4-14)17(23)15-12-18-13-15;/h14-15,18H,2-13H2,1H3;1H. The van der Waals surface area contributed by atoms with Gasteiger partial charge in [0, 0.05) is 58.8 Å². The van der Waals surface area contributed by atoms with Crippen molar-refractivity contribution in [1.29, 1.82) is 0 Å². The number of likely N-dealkylation sites (tertiary alicyclic amines) is 1. The van der Waals surface area contributed by atoms with Crippen molar-refractivity contribution in [2.45, 2.75) is 26.2 Å². The van der Waals surface area contributed by atoms with Gasteiger partial charge in [-0.3, -0.25) is 9.59 Å². The number of halogens is 1. The monoisotopic (exact) mass is 358 g/mol. The molecule has 6 nitrogen and oxygen atoms in total. The lowest BCUT2D eigenvalue weighted by atomic mass is 9.91. The summed E-state index contributed by atoms with van der Waals surface area (Å²) in [4.78, 5) is 31.1. The van der Waals surface area contributed by atoms with Crippen molar-refractivity contribution in [3.05, 3.63) is 0 Å². The first kappa shape index (κ1) is 19.5. The lowest BCUT2D eigenvalue weighted by Crippen LogP contribution is -2.53. The predicted molar refractivity (Wildman–Crippen MR) is 96.2 cm³/mol. The first-order valence-corrected chi connectivity index (χ1v) is 9.17. The summed E-state index contributed by atoms with van der Waals surface area (Å²) in [6.45, 7) is 10.3. The number of piperidine rings is 1. The van der Waals surface area contributed by atoms with Crippen molar-refractivity contribution >= 4 is 24.2 Å². The fraction of sp³-hybridized carbons (Fsp3) is 0.882. The molecule has 138 valence electrons. The normalized spacial score (nSPS) is 23.5. The van der Waals surface area contributed by atoms with Crippen LogP contribution in [0, 0.1) is 11.8 Å². The highest BCUT2D eigenvalue weighted by molar-refractivity contribution is 5.85. The molecule has 0 unspecified atom stereocenters. The van der Waals surface area contributed by atoms with Crippen molar-refractivity contribution in [2.75, 3.05) is 58.9 Å². The summed E-state index contributed by atoms with van der Waals surface area (Å²) in [7, 11) is 0. The largest absolute Gasteiger partial charge is 0.342 e. The van der Waals surface area contributed by atoms with Crippen molar-refractivity contribution in [2.24, 2.45) is 11.8 Å². The topological polar surface area (TPSA) is 55.9 Å². The van der Waals surface area contributed by atoms with Crippen molar-refractivity contribution in [1.82, 2.24) is 20.0 Å². The predicted octanol–water partition coefficient (Wildman–Crippen LogP) is 0.420. The number of hydrogen-bond acceptors (Lipinski definition) is 4. The molecular formula is C17H31ClN4O2. The van der Waals surface area contributed by atoms with Gasteiger partial charge in [-0.1, -0.05) is 6.92 Å². The summed E-state index contributed by atoms with van der Waals surface area (Å²) < 4.78 is 0. The van der Waals surface area contributed by atoms with E-state index in [1.165, 1.54) is 0 Å². The zero-order chi connectivity index (χ0) is 16.2. The van der Waals surface area contributed by atoms with Gasteiger partial charge in [0.15, 0.2) is 0 Å². The third-order valence-corrected chi connectivity index (χ3v) is 5.69. The zero-order valence-electron chi connectivity index (χ0n) is 14.7. The highest BCUT2D eigenvalue weighted by Crippen LogP contribution is 2.23. The number of likely N-dealkylation sites (N-methyl/N-ethyl adjacent to an activating group) is 1. The molecule has 3 aliphatic heterocycles. The maximum atomic E-state index is 12.5. The van der Waals surface area contributed by atoms with Crippen LogP contribution in [-0.2, 0) is 9.59 Å². The van der Waals surface area contributed by atoms with Crippen LogP contribution in [0.25, 0.3) is 0 Å². The molecule has 3 fully saturated rings. The van der Waals surface area contributed by atoms with E-state index < -0.39 is 0 Å². The highest BCUT2D eigenvalue weighted by Gasteiger charge is 2.32. The van der Waals surface area contributed by atoms with Gasteiger partial charge in [-0.15, -0.1) is 12.4 Å². The SMILES string of the molecule is CCN1CCN(C(=O)CC2CCN(C(=O)C3CNC3)CC2)CC1.Cl. The van der Waals surface area contributed by atoms with Gasteiger partial charge in [-0.25, -0.2) is 0 Å². The summed E-state index contributed by atoms with van der Waals surface area (Å²) in [6, 6.07) is 0. The van der Waals surface area contributed by atoms with Gasteiger partial charge in [0.1, 0.15) is 0 Å². The van der Waals surface area contributed by atoms with Crippen LogP contribution in [0.2, 0.25) is 0 Å². The molecular weight excluding hydrogens is 328 g/mol. The van der Waals surface area contributed by atoms with Crippen molar-refractivity contribution in [3.8, 4) is 0 Å². The van der Waals surface area contributed by atoms with Gasteiger partial charge in [0.2, 0.25) is 11.8 Å². The highest BCUT2D eigenvalue weighted by atomic mass is 35.5. The molecule has 0 aromatic rings. The number of piperazine rings is 1. The molecule has 2 amide bonds. The van der Waals surface area contributed by atoms with E-state index in [4.69, 9.17) is 0 Å². The molecule has 0 saturated carbocycles. The van der Waals surface area contributed by atoms with Crippen molar-refractivity contribution in [3.63, 3.8) is 0 Å². The summed E-state index contributed by atoms with van der Waals surface area (Å²) in [6.07, 6.45) is 2.62. The summed E-state index contributed by atoms with van der Waals surface area (Å²) >= 11 is 0. The van der Waals surface area contributed by atoms with Crippen LogP contribution in [0.3, 0.4) is 0 Å². The van der Waals surface area contributed by atoms with Gasteiger partial charge in [-0.05, 0) is 25.3 Å². The van der Waals surface area contributed by atoms with E-state index in [0.717, 1.165) is 71.7 Å². The second kappa shape index (κ2) is 9.02. The van der Waals surface area contributed by atoms with Crippen LogP contribution >= 0.6 is 12.4 Å². The van der Waals surface area contributed by atoms with E-state index in [1.807, 2.05) is 9.80 Å². The van der Waals surface area contributed by atoms with E-state index >= 15 is 0 Å². The molecule has 0 bridgehead atoms. The van der Waals surface area contributed by atoms with Gasteiger partial charge < -0.3 is 20.0 Å². The number of hydrogen-bond donors (Lipinski definition) is 1. The molecule has 0 atom stereocenters. The Morgan fingerprint density at radius 3 is 2.08 bits per heavy atom. The van der Waals surface area contributed by atoms with E-state index in [2.05, 4.69) is 17.1 Å². The van der Waals surface area contributed by atoms with E-state index in [0.29, 0.717) is 24.2 Å². The maximum absolute atomic E-state index is 12.5. The van der Waals surface area contributed by atoms with Crippen LogP contribution in [-0.4, -0.2) is 85.4 Å². The molecule has 1 N–H and O–H groups in total. The Hall–Kier alpha value is -0.850. The Morgan fingerprint density at radius 1 is 0.958 bits per heavy atom. The molecule has 3 heterocycles. The molecule has 0 aliphatic carbocycles. The van der Waals surface area contributed by atoms with Crippen LogP contribution in [0.1, 0.15) is 26.2 Å². The third-order valence-electron chi connectivity index (χ3n) is 5.69. The summed E-state index contributed by atoms with van der Waals surface area (Å²) in [5.74, 6) is 1.27. The third kappa shape index (κ3) is 4.61. The molecule has 0 aromatic heterocycles. The lowest BCUT2D eigenvalue weighted by Gasteiger charge is -2.38. The Kier molecular flexibility index (Phi) is 7.32. The molecule has 7 heteroatoms. The van der Waals surface area contributed by atoms with E-state index in [-0.39, 0.29) is 18.3 Å². The number of rotatable bonds is 4. The number of carbonyl (C=O) groups is 2. The van der Waals surface area contributed by atoms with Gasteiger partial charge in [0.05, 0.1) is 5.92 Å². The second-order valence-electron chi connectivity index (χ2n) is 7.14. The molecule has 0 radical (unpaired) electrons. The first-order chi connectivity index (χ1) is 11.2.